The van der Waals surface area contributed by atoms with E-state index in [1.165, 1.54) is 0 Å². The van der Waals surface area contributed by atoms with Gasteiger partial charge in [0.25, 0.3) is 5.91 Å². The van der Waals surface area contributed by atoms with Gasteiger partial charge in [-0.05, 0) is 61.0 Å². The molecule has 0 fully saturated rings. The van der Waals surface area contributed by atoms with Crippen LogP contribution in [-0.2, 0) is 6.61 Å². The molecular weight excluding hydrogens is 374 g/mol. The highest BCUT2D eigenvalue weighted by molar-refractivity contribution is 6.30. The Bertz CT molecular complexity index is 1120. The minimum absolute atomic E-state index is 0.203. The molecule has 0 saturated heterocycles. The molecule has 0 saturated carbocycles. The number of hydrogen-bond acceptors (Lipinski definition) is 3. The molecule has 4 aromatic rings. The summed E-state index contributed by atoms with van der Waals surface area (Å²) in [5, 5.41) is 3.61. The summed E-state index contributed by atoms with van der Waals surface area (Å²) in [5.41, 5.74) is 3.68. The molecule has 6 heteroatoms. The second-order valence-electron chi connectivity index (χ2n) is 6.37. The lowest BCUT2D eigenvalue weighted by Crippen LogP contribution is -2.15. The van der Waals surface area contributed by atoms with E-state index >= 15 is 0 Å². The van der Waals surface area contributed by atoms with Crippen LogP contribution in [-0.4, -0.2) is 15.3 Å². The summed E-state index contributed by atoms with van der Waals surface area (Å²) in [4.78, 5) is 17.1. The Hall–Kier alpha value is -3.31. The number of carbonyl (C=O) groups is 1. The number of amides is 1. The molecule has 1 N–H and O–H groups in total. The second kappa shape index (κ2) is 7.74. The van der Waals surface area contributed by atoms with E-state index in [2.05, 4.69) is 10.3 Å². The van der Waals surface area contributed by atoms with Crippen molar-refractivity contribution in [2.75, 3.05) is 5.32 Å². The van der Waals surface area contributed by atoms with E-state index in [1.54, 1.807) is 4.40 Å². The number of carbonyl (C=O) groups excluding carboxylic acids is 1. The second-order valence-corrected chi connectivity index (χ2v) is 6.80. The minimum Gasteiger partial charge on any atom is -0.489 e. The number of anilines is 1. The molecule has 0 radical (unpaired) electrons. The molecule has 1 amide bonds. The summed E-state index contributed by atoms with van der Waals surface area (Å²) in [6.45, 7) is 2.28. The van der Waals surface area contributed by atoms with Gasteiger partial charge in [-0.3, -0.25) is 9.20 Å². The first-order valence-corrected chi connectivity index (χ1v) is 9.20. The van der Waals surface area contributed by atoms with Crippen LogP contribution in [0.1, 0.15) is 21.7 Å². The minimum atomic E-state index is -0.203. The zero-order chi connectivity index (χ0) is 19.5. The first kappa shape index (κ1) is 18.1. The highest BCUT2D eigenvalue weighted by Gasteiger charge is 2.16. The maximum Gasteiger partial charge on any atom is 0.274 e. The molecule has 0 aliphatic heterocycles. The summed E-state index contributed by atoms with van der Waals surface area (Å²) in [5.74, 6) is 0.518. The Morgan fingerprint density at radius 2 is 1.82 bits per heavy atom. The number of fused-ring (bicyclic) bond motifs is 1. The average Bonchev–Trinajstić information content (AvgIpc) is 3.04. The van der Waals surface area contributed by atoms with Gasteiger partial charge in [-0.1, -0.05) is 29.8 Å². The Kier molecular flexibility index (Phi) is 5.00. The molecule has 4 rings (SSSR count). The molecule has 0 aliphatic carbocycles. The lowest BCUT2D eigenvalue weighted by atomic mass is 10.2. The van der Waals surface area contributed by atoms with Gasteiger partial charge in [-0.25, -0.2) is 4.98 Å². The molecule has 5 nitrogen and oxygen atoms in total. The zero-order valence-corrected chi connectivity index (χ0v) is 16.0. The van der Waals surface area contributed by atoms with Gasteiger partial charge in [0.1, 0.15) is 23.7 Å². The number of aryl methyl sites for hydroxylation is 1. The van der Waals surface area contributed by atoms with Crippen molar-refractivity contribution < 1.29 is 9.53 Å². The van der Waals surface area contributed by atoms with Crippen molar-refractivity contribution >= 4 is 28.8 Å². The van der Waals surface area contributed by atoms with E-state index in [9.17, 15) is 4.79 Å². The molecule has 0 aliphatic rings. The third-order valence-corrected chi connectivity index (χ3v) is 4.60. The largest absolute Gasteiger partial charge is 0.489 e. The topological polar surface area (TPSA) is 55.6 Å². The summed E-state index contributed by atoms with van der Waals surface area (Å²) >= 11 is 5.89. The van der Waals surface area contributed by atoms with Gasteiger partial charge >= 0.3 is 0 Å². The molecule has 140 valence electrons. The van der Waals surface area contributed by atoms with Crippen LogP contribution < -0.4 is 10.1 Å². The van der Waals surface area contributed by atoms with Gasteiger partial charge < -0.3 is 10.1 Å². The molecule has 0 unspecified atom stereocenters. The monoisotopic (exact) mass is 391 g/mol. The fraction of sp³-hybridized carbons (Fsp3) is 0.0909. The number of rotatable bonds is 5. The lowest BCUT2D eigenvalue weighted by Gasteiger charge is -2.09. The number of pyridine rings is 1. The normalized spacial score (nSPS) is 10.8. The fourth-order valence-corrected chi connectivity index (χ4v) is 3.09. The van der Waals surface area contributed by atoms with Gasteiger partial charge in [-0.15, -0.1) is 0 Å². The van der Waals surface area contributed by atoms with E-state index in [0.29, 0.717) is 28.7 Å². The number of aromatic nitrogens is 2. The van der Waals surface area contributed by atoms with Crippen LogP contribution in [0.2, 0.25) is 5.02 Å². The molecule has 28 heavy (non-hydrogen) atoms. The van der Waals surface area contributed by atoms with Crippen LogP contribution in [0.4, 0.5) is 5.69 Å². The molecule has 0 bridgehead atoms. The van der Waals surface area contributed by atoms with E-state index in [4.69, 9.17) is 16.3 Å². The molecule has 2 heterocycles. The highest BCUT2D eigenvalue weighted by Crippen LogP contribution is 2.19. The van der Waals surface area contributed by atoms with Crippen LogP contribution in [0.5, 0.6) is 5.75 Å². The summed E-state index contributed by atoms with van der Waals surface area (Å²) in [6, 6.07) is 20.4. The summed E-state index contributed by atoms with van der Waals surface area (Å²) < 4.78 is 7.56. The van der Waals surface area contributed by atoms with Gasteiger partial charge in [-0.2, -0.15) is 0 Å². The zero-order valence-electron chi connectivity index (χ0n) is 15.2. The van der Waals surface area contributed by atoms with Gasteiger partial charge in [0.15, 0.2) is 0 Å². The maximum atomic E-state index is 12.7. The summed E-state index contributed by atoms with van der Waals surface area (Å²) in [7, 11) is 0. The van der Waals surface area contributed by atoms with Crippen LogP contribution in [0, 0.1) is 6.92 Å². The standard InChI is InChI=1S/C22H18ClN3O2/c1-15-21(26-13-3-2-4-20(26)24-15)22(27)25-18-9-11-19(12-10-18)28-14-16-5-7-17(23)8-6-16/h2-13H,14H2,1H3,(H,25,27). The van der Waals surface area contributed by atoms with Crippen molar-refractivity contribution in [2.24, 2.45) is 0 Å². The smallest absolute Gasteiger partial charge is 0.274 e. The van der Waals surface area contributed by atoms with Crippen molar-refractivity contribution in [1.82, 2.24) is 9.38 Å². The first-order chi connectivity index (χ1) is 13.6. The molecule has 0 spiro atoms. The number of ether oxygens (including phenoxy) is 1. The van der Waals surface area contributed by atoms with Crippen molar-refractivity contribution in [3.63, 3.8) is 0 Å². The summed E-state index contributed by atoms with van der Waals surface area (Å²) in [6.07, 6.45) is 1.83. The first-order valence-electron chi connectivity index (χ1n) is 8.82. The predicted octanol–water partition coefficient (Wildman–Crippen LogP) is 5.13. The maximum absolute atomic E-state index is 12.7. The van der Waals surface area contributed by atoms with Crippen molar-refractivity contribution in [3.05, 3.63) is 94.9 Å². The highest BCUT2D eigenvalue weighted by atomic mass is 35.5. The quantitative estimate of drug-likeness (QED) is 0.513. The van der Waals surface area contributed by atoms with Gasteiger partial charge in [0.2, 0.25) is 0 Å². The number of benzene rings is 2. The van der Waals surface area contributed by atoms with E-state index in [1.807, 2.05) is 79.9 Å². The molecule has 2 aromatic carbocycles. The van der Waals surface area contributed by atoms with E-state index in [-0.39, 0.29) is 5.91 Å². The Labute approximate surface area is 167 Å². The number of halogens is 1. The predicted molar refractivity (Wildman–Crippen MR) is 110 cm³/mol. The molecule has 2 aromatic heterocycles. The SMILES string of the molecule is Cc1nc2ccccn2c1C(=O)Nc1ccc(OCc2ccc(Cl)cc2)cc1. The van der Waals surface area contributed by atoms with E-state index < -0.39 is 0 Å². The third-order valence-electron chi connectivity index (χ3n) is 4.35. The van der Waals surface area contributed by atoms with Crippen LogP contribution in [0.25, 0.3) is 5.65 Å². The van der Waals surface area contributed by atoms with Gasteiger partial charge in [0, 0.05) is 16.9 Å². The number of imidazole rings is 1. The Morgan fingerprint density at radius 1 is 1.07 bits per heavy atom. The van der Waals surface area contributed by atoms with Crippen LogP contribution in [0.15, 0.2) is 72.9 Å². The Balaban J connectivity index is 1.43. The van der Waals surface area contributed by atoms with Crippen molar-refractivity contribution in [2.45, 2.75) is 13.5 Å². The molecule has 0 atom stereocenters. The number of nitrogens with one attached hydrogen (secondary N) is 1. The van der Waals surface area contributed by atoms with Gasteiger partial charge in [0.05, 0.1) is 5.69 Å². The van der Waals surface area contributed by atoms with E-state index in [0.717, 1.165) is 17.0 Å². The van der Waals surface area contributed by atoms with Crippen molar-refractivity contribution in [1.29, 1.82) is 0 Å². The number of nitrogens with zero attached hydrogens (tertiary/aromatic N) is 2. The Morgan fingerprint density at radius 3 is 2.57 bits per heavy atom. The van der Waals surface area contributed by atoms with Crippen LogP contribution >= 0.6 is 11.6 Å². The third kappa shape index (κ3) is 3.85. The van der Waals surface area contributed by atoms with Crippen LogP contribution in [0.3, 0.4) is 0 Å². The number of hydrogen-bond donors (Lipinski definition) is 1. The lowest BCUT2D eigenvalue weighted by molar-refractivity contribution is 0.102. The molecular formula is C22H18ClN3O2. The average molecular weight is 392 g/mol. The van der Waals surface area contributed by atoms with Crippen molar-refractivity contribution in [3.8, 4) is 5.75 Å². The fourth-order valence-electron chi connectivity index (χ4n) is 2.96.